The van der Waals surface area contributed by atoms with Gasteiger partial charge in [-0.25, -0.2) is 0 Å². The van der Waals surface area contributed by atoms with Crippen LogP contribution in [0.4, 0.5) is 0 Å². The van der Waals surface area contributed by atoms with Crippen molar-refractivity contribution in [1.82, 2.24) is 0 Å². The van der Waals surface area contributed by atoms with Crippen LogP contribution in [0.2, 0.25) is 0 Å². The van der Waals surface area contributed by atoms with Crippen molar-refractivity contribution in [3.8, 4) is 5.75 Å². The third-order valence-electron chi connectivity index (χ3n) is 1.99. The van der Waals surface area contributed by atoms with Crippen LogP contribution in [-0.4, -0.2) is 73.8 Å². The molecular weight excluding hydrogens is 258 g/mol. The molecule has 17 heavy (non-hydrogen) atoms. The maximum Gasteiger partial charge on any atom is 0.306 e. The Hall–Kier alpha value is 0.450. The molecule has 0 aliphatic carbocycles. The molecule has 0 atom stereocenters. The predicted molar refractivity (Wildman–Crippen MR) is 70.9 cm³/mol. The van der Waals surface area contributed by atoms with E-state index < -0.39 is 10.1 Å². The molecule has 0 unspecified atom stereocenters. The van der Waals surface area contributed by atoms with Crippen molar-refractivity contribution >= 4 is 80.0 Å². The van der Waals surface area contributed by atoms with E-state index >= 15 is 0 Å². The second-order valence-electron chi connectivity index (χ2n) is 3.26. The topological polar surface area (TPSA) is 43.4 Å². The average Bonchev–Trinajstić information content (AvgIpc) is 2.16. The summed E-state index contributed by atoms with van der Waals surface area (Å²) in [6.45, 7) is 0. The molecule has 6 heteroatoms. The van der Waals surface area contributed by atoms with Gasteiger partial charge in [-0.3, -0.25) is 0 Å². The van der Waals surface area contributed by atoms with Crippen molar-refractivity contribution in [1.29, 1.82) is 0 Å². The van der Waals surface area contributed by atoms with E-state index in [1.54, 1.807) is 12.1 Å². The predicted octanol–water partition coefficient (Wildman–Crippen LogP) is 1.42. The molecule has 0 saturated carbocycles. The van der Waals surface area contributed by atoms with Crippen LogP contribution in [-0.2, 0) is 10.1 Å². The Morgan fingerprint density at radius 3 is 2.18 bits per heavy atom. The first-order valence-electron chi connectivity index (χ1n) is 4.43. The summed E-state index contributed by atoms with van der Waals surface area (Å²) in [6, 6.07) is 12.8. The Morgan fingerprint density at radius 1 is 0.941 bits per heavy atom. The smallest absolute Gasteiger partial charge is 0.306 e. The maximum atomic E-state index is 11.0. The van der Waals surface area contributed by atoms with Gasteiger partial charge in [0.25, 0.3) is 0 Å². The summed E-state index contributed by atoms with van der Waals surface area (Å²) in [5.74, 6) is 0.371. The van der Waals surface area contributed by atoms with E-state index in [0.717, 1.165) is 17.0 Å². The summed E-state index contributed by atoms with van der Waals surface area (Å²) >= 11 is 0. The van der Waals surface area contributed by atoms with Crippen LogP contribution in [0.25, 0.3) is 10.8 Å². The van der Waals surface area contributed by atoms with E-state index in [1.165, 1.54) is 0 Å². The zero-order chi connectivity index (χ0) is 10.9. The Morgan fingerprint density at radius 2 is 1.53 bits per heavy atom. The van der Waals surface area contributed by atoms with Crippen LogP contribution < -0.4 is 4.18 Å². The minimum Gasteiger partial charge on any atom is -0.382 e. The molecule has 0 spiro atoms. The molecule has 80 valence electrons. The van der Waals surface area contributed by atoms with Crippen molar-refractivity contribution in [2.75, 3.05) is 6.26 Å². The van der Waals surface area contributed by atoms with Gasteiger partial charge in [0.05, 0.1) is 6.26 Å². The Bertz CT molecular complexity index is 591. The minimum atomic E-state index is -3.47. The molecule has 0 bridgehead atoms. The van der Waals surface area contributed by atoms with E-state index in [0.29, 0.717) is 5.75 Å². The largest absolute Gasteiger partial charge is 0.382 e. The van der Waals surface area contributed by atoms with Crippen LogP contribution in [0.15, 0.2) is 42.5 Å². The van der Waals surface area contributed by atoms with Gasteiger partial charge >= 0.3 is 10.1 Å². The maximum absolute atomic E-state index is 11.0. The number of rotatable bonds is 2. The molecule has 0 saturated heterocycles. The standard InChI is InChI=1S/C11H10O3S.2Na/c1-15(12,13)14-11-8-4-6-9-5-2-3-7-10(9)11;;/h2-8H,1H3;;. The third-order valence-corrected chi connectivity index (χ3v) is 2.47. The van der Waals surface area contributed by atoms with Crippen LogP contribution in [0, 0.1) is 0 Å². The molecule has 2 radical (unpaired) electrons. The van der Waals surface area contributed by atoms with Gasteiger partial charge in [0.15, 0.2) is 0 Å². The molecule has 2 aromatic carbocycles. The van der Waals surface area contributed by atoms with E-state index in [9.17, 15) is 8.42 Å². The number of benzene rings is 2. The molecular formula is C11H10Na2O3S. The van der Waals surface area contributed by atoms with Crippen LogP contribution in [0.5, 0.6) is 5.75 Å². The van der Waals surface area contributed by atoms with Crippen molar-refractivity contribution in [3.63, 3.8) is 0 Å². The Labute approximate surface area is 145 Å². The average molecular weight is 268 g/mol. The first kappa shape index (κ1) is 17.4. The van der Waals surface area contributed by atoms with Gasteiger partial charge in [-0.05, 0) is 11.5 Å². The summed E-state index contributed by atoms with van der Waals surface area (Å²) in [5, 5.41) is 1.75. The van der Waals surface area contributed by atoms with Crippen molar-refractivity contribution in [2.24, 2.45) is 0 Å². The number of hydrogen-bond acceptors (Lipinski definition) is 3. The fourth-order valence-electron chi connectivity index (χ4n) is 1.43. The second-order valence-corrected chi connectivity index (χ2v) is 4.84. The molecule has 0 fully saturated rings. The third kappa shape index (κ3) is 4.91. The van der Waals surface area contributed by atoms with E-state index in [-0.39, 0.29) is 59.1 Å². The number of fused-ring (bicyclic) bond motifs is 1. The summed E-state index contributed by atoms with van der Waals surface area (Å²) in [5.41, 5.74) is 0. The Balaban J connectivity index is 0.00000128. The molecule has 0 aliphatic heterocycles. The molecule has 2 aromatic rings. The summed E-state index contributed by atoms with van der Waals surface area (Å²) in [4.78, 5) is 0. The molecule has 0 amide bonds. The van der Waals surface area contributed by atoms with Crippen LogP contribution in [0.3, 0.4) is 0 Å². The van der Waals surface area contributed by atoms with Gasteiger partial charge in [0.2, 0.25) is 0 Å². The van der Waals surface area contributed by atoms with Crippen molar-refractivity contribution in [2.45, 2.75) is 0 Å². The monoisotopic (exact) mass is 268 g/mol. The molecule has 0 N–H and O–H groups in total. The van der Waals surface area contributed by atoms with E-state index in [4.69, 9.17) is 4.18 Å². The fraction of sp³-hybridized carbons (Fsp3) is 0.0909. The van der Waals surface area contributed by atoms with Crippen molar-refractivity contribution in [3.05, 3.63) is 42.5 Å². The normalized spacial score (nSPS) is 10.2. The molecule has 0 heterocycles. The van der Waals surface area contributed by atoms with Gasteiger partial charge in [0.1, 0.15) is 5.75 Å². The zero-order valence-corrected chi connectivity index (χ0v) is 15.0. The van der Waals surface area contributed by atoms with Gasteiger partial charge in [-0.2, -0.15) is 8.42 Å². The molecule has 3 nitrogen and oxygen atoms in total. The Kier molecular flexibility index (Phi) is 7.33. The summed E-state index contributed by atoms with van der Waals surface area (Å²) in [6.07, 6.45) is 1.04. The van der Waals surface area contributed by atoms with Gasteiger partial charge in [-0.1, -0.05) is 36.4 Å². The van der Waals surface area contributed by atoms with E-state index in [1.807, 2.05) is 30.3 Å². The van der Waals surface area contributed by atoms with Gasteiger partial charge in [0, 0.05) is 64.5 Å². The summed E-state index contributed by atoms with van der Waals surface area (Å²) < 4.78 is 26.9. The zero-order valence-electron chi connectivity index (χ0n) is 10.2. The van der Waals surface area contributed by atoms with Gasteiger partial charge < -0.3 is 4.18 Å². The van der Waals surface area contributed by atoms with Gasteiger partial charge in [-0.15, -0.1) is 0 Å². The van der Waals surface area contributed by atoms with Crippen molar-refractivity contribution < 1.29 is 12.6 Å². The summed E-state index contributed by atoms with van der Waals surface area (Å²) in [7, 11) is -3.47. The fourth-order valence-corrected chi connectivity index (χ4v) is 1.90. The minimum absolute atomic E-state index is 0. The first-order valence-corrected chi connectivity index (χ1v) is 6.25. The quantitative estimate of drug-likeness (QED) is 0.611. The SMILES string of the molecule is CS(=O)(=O)Oc1cccc2ccccc12.[Na].[Na]. The first-order chi connectivity index (χ1) is 7.06. The van der Waals surface area contributed by atoms with Crippen LogP contribution in [0.1, 0.15) is 0 Å². The molecule has 0 aromatic heterocycles. The molecule has 0 aliphatic rings. The van der Waals surface area contributed by atoms with Crippen LogP contribution >= 0.6 is 0 Å². The second kappa shape index (κ2) is 7.14. The molecule has 2 rings (SSSR count). The number of hydrogen-bond donors (Lipinski definition) is 0. The van der Waals surface area contributed by atoms with E-state index in [2.05, 4.69) is 0 Å².